The summed E-state index contributed by atoms with van der Waals surface area (Å²) < 4.78 is 0. The van der Waals surface area contributed by atoms with Gasteiger partial charge in [-0.15, -0.1) is 30.9 Å². The van der Waals surface area contributed by atoms with E-state index in [4.69, 9.17) is 0 Å². The molecule has 0 aliphatic rings. The minimum atomic E-state index is 0. The molecule has 5 heteroatoms. The monoisotopic (exact) mass is 351 g/mol. The van der Waals surface area contributed by atoms with Crippen molar-refractivity contribution in [3.8, 4) is 0 Å². The van der Waals surface area contributed by atoms with Crippen LogP contribution in [0.25, 0.3) is 0 Å². The van der Waals surface area contributed by atoms with Crippen LogP contribution in [0.3, 0.4) is 0 Å². The maximum atomic E-state index is 4.66. The van der Waals surface area contributed by atoms with Crippen molar-refractivity contribution >= 4 is 36.2 Å². The Labute approximate surface area is 143 Å². The van der Waals surface area contributed by atoms with Gasteiger partial charge in [0.05, 0.1) is 5.69 Å². The molecule has 0 aliphatic carbocycles. The van der Waals surface area contributed by atoms with Gasteiger partial charge in [-0.25, -0.2) is 0 Å². The molecule has 0 N–H and O–H groups in total. The van der Waals surface area contributed by atoms with Gasteiger partial charge < -0.3 is 4.98 Å². The fourth-order valence-corrected chi connectivity index (χ4v) is 1.73. The van der Waals surface area contributed by atoms with Crippen LogP contribution in [-0.2, 0) is 17.1 Å². The number of rotatable bonds is 2. The van der Waals surface area contributed by atoms with E-state index in [1.165, 1.54) is 11.1 Å². The third kappa shape index (κ3) is 5.26. The Bertz CT molecular complexity index is 537. The van der Waals surface area contributed by atoms with Crippen LogP contribution in [-0.4, -0.2) is 10.7 Å². The van der Waals surface area contributed by atoms with Crippen molar-refractivity contribution in [2.75, 3.05) is 0 Å². The number of halogens is 2. The summed E-state index contributed by atoms with van der Waals surface area (Å²) >= 11 is 0. The Morgan fingerprint density at radius 1 is 1.05 bits per heavy atom. The summed E-state index contributed by atoms with van der Waals surface area (Å²) in [5, 5.41) is 0. The first-order chi connectivity index (χ1) is 8.18. The molecule has 1 aromatic carbocycles. The zero-order valence-corrected chi connectivity index (χ0v) is 14.3. The molecular weight excluding hydrogens is 335 g/mol. The second-order valence-corrected chi connectivity index (χ2v) is 4.09. The van der Waals surface area contributed by atoms with E-state index in [1.807, 2.05) is 25.1 Å². The minimum Gasteiger partial charge on any atom is -0.385 e. The molecule has 20 heavy (non-hydrogen) atoms. The molecule has 2 aromatic rings. The van der Waals surface area contributed by atoms with E-state index in [0.29, 0.717) is 0 Å². The predicted octanol–water partition coefficient (Wildman–Crippen LogP) is 4.48. The summed E-state index contributed by atoms with van der Waals surface area (Å²) in [4.78, 5) is 8.84. The second-order valence-electron chi connectivity index (χ2n) is 4.09. The van der Waals surface area contributed by atoms with Crippen LogP contribution in [0.15, 0.2) is 41.4 Å². The van der Waals surface area contributed by atoms with Gasteiger partial charge in [0.2, 0.25) is 0 Å². The average Bonchev–Trinajstić information content (AvgIpc) is 2.35. The van der Waals surface area contributed by atoms with Crippen molar-refractivity contribution in [2.24, 2.45) is 4.99 Å². The first kappa shape index (κ1) is 21.4. The number of aliphatic imine (C=N–C) groups is 1. The number of hydrogen-bond acceptors (Lipinski definition) is 2. The molecule has 0 amide bonds. The molecule has 0 atom stereocenters. The molecule has 0 aliphatic heterocycles. The molecule has 0 spiro atoms. The summed E-state index contributed by atoms with van der Waals surface area (Å²) in [5.74, 6) is 0. The smallest absolute Gasteiger partial charge is 0.0679 e. The predicted molar refractivity (Wildman–Crippen MR) is 85.4 cm³/mol. The van der Waals surface area contributed by atoms with Crippen LogP contribution in [0.2, 0.25) is 0 Å². The van der Waals surface area contributed by atoms with Gasteiger partial charge in [0, 0.05) is 22.8 Å². The fourth-order valence-electron chi connectivity index (χ4n) is 1.73. The second kappa shape index (κ2) is 9.95. The number of nitrogens with zero attached hydrogens (tertiary/aromatic N) is 2. The van der Waals surface area contributed by atoms with Gasteiger partial charge >= 0.3 is 0 Å². The summed E-state index contributed by atoms with van der Waals surface area (Å²) in [7, 11) is 0. The zero-order valence-electron chi connectivity index (χ0n) is 11.5. The molecule has 0 unspecified atom stereocenters. The van der Waals surface area contributed by atoms with Gasteiger partial charge in [0.15, 0.2) is 0 Å². The maximum absolute atomic E-state index is 4.66. The van der Waals surface area contributed by atoms with Crippen LogP contribution in [0.1, 0.15) is 23.7 Å². The summed E-state index contributed by atoms with van der Waals surface area (Å²) in [6.07, 6.45) is 2.83. The Morgan fingerprint density at radius 3 is 2.15 bits per heavy atom. The summed E-state index contributed by atoms with van der Waals surface area (Å²) in [6, 6.07) is 11.9. The molecule has 0 saturated heterocycles. The first-order valence-electron chi connectivity index (χ1n) is 5.63. The van der Waals surface area contributed by atoms with E-state index in [-0.39, 0.29) is 41.9 Å². The van der Waals surface area contributed by atoms with Gasteiger partial charge in [-0.2, -0.15) is 12.1 Å². The van der Waals surface area contributed by atoms with E-state index in [2.05, 4.69) is 42.2 Å². The number of para-hydroxylation sites is 1. The van der Waals surface area contributed by atoms with E-state index in [1.54, 1.807) is 6.07 Å². The average molecular weight is 352 g/mol. The maximum Gasteiger partial charge on any atom is 0.0679 e. The summed E-state index contributed by atoms with van der Waals surface area (Å²) in [5.41, 5.74) is 5.19. The summed E-state index contributed by atoms with van der Waals surface area (Å²) in [6.45, 7) is 6.12. The largest absolute Gasteiger partial charge is 0.385 e. The van der Waals surface area contributed by atoms with Crippen molar-refractivity contribution in [1.82, 2.24) is 4.98 Å². The van der Waals surface area contributed by atoms with Crippen LogP contribution < -0.4 is 0 Å². The Kier molecular flexibility index (Phi) is 10.7. The van der Waals surface area contributed by atoms with Gasteiger partial charge in [0.1, 0.15) is 0 Å². The number of pyridine rings is 1. The molecule has 2 nitrogen and oxygen atoms in total. The zero-order chi connectivity index (χ0) is 12.3. The first-order valence-corrected chi connectivity index (χ1v) is 5.63. The molecule has 0 saturated carbocycles. The third-order valence-electron chi connectivity index (χ3n) is 2.70. The molecule has 0 bridgehead atoms. The third-order valence-corrected chi connectivity index (χ3v) is 2.70. The van der Waals surface area contributed by atoms with E-state index in [9.17, 15) is 0 Å². The molecule has 2 rings (SSSR count). The van der Waals surface area contributed by atoms with Crippen molar-refractivity contribution in [3.63, 3.8) is 0 Å². The molecular formula is C15H17Cl2FeN2-. The van der Waals surface area contributed by atoms with E-state index in [0.717, 1.165) is 17.1 Å². The normalized spacial score (nSPS) is 9.85. The van der Waals surface area contributed by atoms with Gasteiger partial charge in [0.25, 0.3) is 0 Å². The number of aromatic nitrogens is 1. The molecule has 0 radical (unpaired) electrons. The van der Waals surface area contributed by atoms with Crippen LogP contribution in [0.4, 0.5) is 5.69 Å². The van der Waals surface area contributed by atoms with Crippen molar-refractivity contribution in [1.29, 1.82) is 0 Å². The number of benzene rings is 1. The topological polar surface area (TPSA) is 25.2 Å². The molecule has 110 valence electrons. The van der Waals surface area contributed by atoms with Crippen molar-refractivity contribution < 1.29 is 17.1 Å². The van der Waals surface area contributed by atoms with Crippen LogP contribution in [0, 0.1) is 20.0 Å². The SMILES string of the molecule is CC(=Nc1c(C)cccc1C)c1ccc[c-]n1.Cl.Cl.[Fe]. The van der Waals surface area contributed by atoms with Gasteiger partial charge in [-0.1, -0.05) is 24.4 Å². The minimum absolute atomic E-state index is 0. The van der Waals surface area contributed by atoms with E-state index < -0.39 is 0 Å². The van der Waals surface area contributed by atoms with Crippen molar-refractivity contribution in [3.05, 3.63) is 59.4 Å². The molecule has 0 fully saturated rings. The van der Waals surface area contributed by atoms with Crippen molar-refractivity contribution in [2.45, 2.75) is 20.8 Å². The Morgan fingerprint density at radius 2 is 1.65 bits per heavy atom. The van der Waals surface area contributed by atoms with Crippen LogP contribution >= 0.6 is 24.8 Å². The fraction of sp³-hybridized carbons (Fsp3) is 0.200. The quantitative estimate of drug-likeness (QED) is 0.445. The van der Waals surface area contributed by atoms with Crippen LogP contribution in [0.5, 0.6) is 0 Å². The standard InChI is InChI=1S/C15H15N2.2ClH.Fe/c1-11-7-6-8-12(2)15(11)17-13(3)14-9-4-5-10-16-14;;;/h4-9H,1-3H3;2*1H;/q-1;;;. The Hall–Kier alpha value is -0.861. The molecule has 1 heterocycles. The number of aryl methyl sites for hydroxylation is 2. The van der Waals surface area contributed by atoms with Gasteiger partial charge in [-0.05, 0) is 37.6 Å². The molecule has 1 aromatic heterocycles. The Balaban J connectivity index is 0. The van der Waals surface area contributed by atoms with Gasteiger partial charge in [-0.3, -0.25) is 4.99 Å². The number of hydrogen-bond donors (Lipinski definition) is 0. The van der Waals surface area contributed by atoms with E-state index >= 15 is 0 Å².